The van der Waals surface area contributed by atoms with Crippen LogP contribution < -0.4 is 5.32 Å². The van der Waals surface area contributed by atoms with Crippen LogP contribution in [-0.2, 0) is 9.53 Å². The number of carbonyl (C=O) groups is 1. The molecule has 1 aliphatic heterocycles. The number of hydrogen-bond acceptors (Lipinski definition) is 3. The summed E-state index contributed by atoms with van der Waals surface area (Å²) in [6.07, 6.45) is 2.25. The molecule has 0 radical (unpaired) electrons. The van der Waals surface area contributed by atoms with E-state index < -0.39 is 0 Å². The van der Waals surface area contributed by atoms with Crippen LogP contribution in [0.2, 0.25) is 0 Å². The fourth-order valence-electron chi connectivity index (χ4n) is 2.68. The lowest BCUT2D eigenvalue weighted by Gasteiger charge is -2.26. The van der Waals surface area contributed by atoms with Crippen LogP contribution in [0.3, 0.4) is 0 Å². The largest absolute Gasteiger partial charge is 0.383 e. The van der Waals surface area contributed by atoms with E-state index in [1.54, 1.807) is 7.11 Å². The first-order valence-electron chi connectivity index (χ1n) is 7.31. The normalized spacial score (nSPS) is 18.0. The van der Waals surface area contributed by atoms with E-state index in [0.717, 1.165) is 31.5 Å². The highest BCUT2D eigenvalue weighted by Gasteiger charge is 2.25. The second-order valence-electron chi connectivity index (χ2n) is 5.34. The zero-order valence-electron chi connectivity index (χ0n) is 12.3. The Morgan fingerprint density at radius 1 is 1.30 bits per heavy atom. The predicted molar refractivity (Wildman–Crippen MR) is 79.5 cm³/mol. The van der Waals surface area contributed by atoms with Crippen LogP contribution >= 0.6 is 0 Å². The lowest BCUT2D eigenvalue weighted by molar-refractivity contribution is -0.132. The van der Waals surface area contributed by atoms with Crippen molar-refractivity contribution in [3.05, 3.63) is 35.9 Å². The van der Waals surface area contributed by atoms with E-state index in [0.29, 0.717) is 6.61 Å². The van der Waals surface area contributed by atoms with Gasteiger partial charge in [0.15, 0.2) is 0 Å². The molecule has 1 aromatic rings. The number of rotatable bonds is 6. The Balaban J connectivity index is 1.98. The molecular weight excluding hydrogens is 252 g/mol. The maximum atomic E-state index is 12.3. The van der Waals surface area contributed by atoms with Crippen LogP contribution in [0.25, 0.3) is 0 Å². The molecule has 0 saturated carbocycles. The second kappa shape index (κ2) is 7.41. The minimum atomic E-state index is -0.187. The number of benzene rings is 1. The minimum Gasteiger partial charge on any atom is -0.383 e. The standard InChI is InChI=1S/C16H24N2O2/c1-13(16(19)18-10-6-7-11-18)17-15(12-20-2)14-8-4-3-5-9-14/h3-5,8-9,13,15,17H,6-7,10-12H2,1-2H3. The van der Waals surface area contributed by atoms with Gasteiger partial charge in [-0.05, 0) is 25.3 Å². The highest BCUT2D eigenvalue weighted by atomic mass is 16.5. The topological polar surface area (TPSA) is 41.6 Å². The zero-order chi connectivity index (χ0) is 14.4. The lowest BCUT2D eigenvalue weighted by Crippen LogP contribution is -2.45. The first kappa shape index (κ1) is 15.0. The third kappa shape index (κ3) is 3.81. The maximum absolute atomic E-state index is 12.3. The van der Waals surface area contributed by atoms with Crippen LogP contribution in [0, 0.1) is 0 Å². The molecule has 0 spiro atoms. The monoisotopic (exact) mass is 276 g/mol. The fourth-order valence-corrected chi connectivity index (χ4v) is 2.68. The average molecular weight is 276 g/mol. The fraction of sp³-hybridized carbons (Fsp3) is 0.562. The van der Waals surface area contributed by atoms with Crippen molar-refractivity contribution in [1.82, 2.24) is 10.2 Å². The van der Waals surface area contributed by atoms with Gasteiger partial charge in [0.05, 0.1) is 18.7 Å². The molecule has 2 atom stereocenters. The van der Waals surface area contributed by atoms with Crippen molar-refractivity contribution in [2.75, 3.05) is 26.8 Å². The quantitative estimate of drug-likeness (QED) is 0.864. The Labute approximate surface area is 121 Å². The zero-order valence-corrected chi connectivity index (χ0v) is 12.3. The molecule has 0 bridgehead atoms. The van der Waals surface area contributed by atoms with E-state index in [9.17, 15) is 4.79 Å². The van der Waals surface area contributed by atoms with Gasteiger partial charge >= 0.3 is 0 Å². The Bertz CT molecular complexity index is 416. The molecule has 20 heavy (non-hydrogen) atoms. The van der Waals surface area contributed by atoms with Gasteiger partial charge in [-0.25, -0.2) is 0 Å². The molecule has 110 valence electrons. The summed E-state index contributed by atoms with van der Waals surface area (Å²) in [6.45, 7) is 4.28. The highest BCUT2D eigenvalue weighted by Crippen LogP contribution is 2.15. The van der Waals surface area contributed by atoms with Gasteiger partial charge in [-0.3, -0.25) is 10.1 Å². The summed E-state index contributed by atoms with van der Waals surface area (Å²) in [5.74, 6) is 0.194. The van der Waals surface area contributed by atoms with Crippen molar-refractivity contribution in [3.63, 3.8) is 0 Å². The molecule has 1 aliphatic rings. The number of ether oxygens (including phenoxy) is 1. The van der Waals surface area contributed by atoms with Crippen molar-refractivity contribution in [2.45, 2.75) is 31.8 Å². The van der Waals surface area contributed by atoms with Crippen LogP contribution in [0.15, 0.2) is 30.3 Å². The van der Waals surface area contributed by atoms with E-state index >= 15 is 0 Å². The van der Waals surface area contributed by atoms with E-state index in [4.69, 9.17) is 4.74 Å². The molecule has 1 saturated heterocycles. The van der Waals surface area contributed by atoms with E-state index in [-0.39, 0.29) is 18.0 Å². The average Bonchev–Trinajstić information content (AvgIpc) is 3.01. The summed E-state index contributed by atoms with van der Waals surface area (Å²) in [6, 6.07) is 9.98. The Morgan fingerprint density at radius 3 is 2.55 bits per heavy atom. The van der Waals surface area contributed by atoms with Gasteiger partial charge in [-0.1, -0.05) is 30.3 Å². The Hall–Kier alpha value is -1.39. The number of methoxy groups -OCH3 is 1. The van der Waals surface area contributed by atoms with Gasteiger partial charge in [0.25, 0.3) is 0 Å². The third-order valence-electron chi connectivity index (χ3n) is 3.77. The molecule has 4 heteroatoms. The first-order valence-corrected chi connectivity index (χ1v) is 7.31. The number of carbonyl (C=O) groups excluding carboxylic acids is 1. The summed E-state index contributed by atoms with van der Waals surface area (Å²) >= 11 is 0. The van der Waals surface area contributed by atoms with E-state index in [1.165, 1.54) is 0 Å². The van der Waals surface area contributed by atoms with Crippen molar-refractivity contribution in [2.24, 2.45) is 0 Å². The van der Waals surface area contributed by atoms with Gasteiger partial charge in [-0.15, -0.1) is 0 Å². The summed E-state index contributed by atoms with van der Waals surface area (Å²) in [7, 11) is 1.69. The molecule has 1 aromatic carbocycles. The molecular formula is C16H24N2O2. The number of likely N-dealkylation sites (tertiary alicyclic amines) is 1. The molecule has 1 heterocycles. The number of hydrogen-bond donors (Lipinski definition) is 1. The lowest BCUT2D eigenvalue weighted by atomic mass is 10.1. The van der Waals surface area contributed by atoms with Crippen molar-refractivity contribution in [3.8, 4) is 0 Å². The second-order valence-corrected chi connectivity index (χ2v) is 5.34. The smallest absolute Gasteiger partial charge is 0.239 e. The number of amides is 1. The molecule has 1 N–H and O–H groups in total. The molecule has 0 aromatic heterocycles. The third-order valence-corrected chi connectivity index (χ3v) is 3.77. The molecule has 4 nitrogen and oxygen atoms in total. The van der Waals surface area contributed by atoms with Crippen LogP contribution in [-0.4, -0.2) is 43.7 Å². The van der Waals surface area contributed by atoms with Gasteiger partial charge in [0, 0.05) is 20.2 Å². The summed E-state index contributed by atoms with van der Waals surface area (Å²) in [5, 5.41) is 3.39. The Kier molecular flexibility index (Phi) is 5.56. The van der Waals surface area contributed by atoms with Crippen molar-refractivity contribution >= 4 is 5.91 Å². The maximum Gasteiger partial charge on any atom is 0.239 e. The van der Waals surface area contributed by atoms with Crippen molar-refractivity contribution < 1.29 is 9.53 Å². The van der Waals surface area contributed by atoms with Crippen LogP contribution in [0.5, 0.6) is 0 Å². The SMILES string of the molecule is COCC(NC(C)C(=O)N1CCCC1)c1ccccc1. The summed E-state index contributed by atoms with van der Waals surface area (Å²) in [5.41, 5.74) is 1.15. The molecule has 1 amide bonds. The van der Waals surface area contributed by atoms with Crippen molar-refractivity contribution in [1.29, 1.82) is 0 Å². The summed E-state index contributed by atoms with van der Waals surface area (Å²) in [4.78, 5) is 14.3. The summed E-state index contributed by atoms with van der Waals surface area (Å²) < 4.78 is 5.28. The van der Waals surface area contributed by atoms with Gasteiger partial charge < -0.3 is 9.64 Å². The number of nitrogens with zero attached hydrogens (tertiary/aromatic N) is 1. The van der Waals surface area contributed by atoms with Gasteiger partial charge in [0.1, 0.15) is 0 Å². The van der Waals surface area contributed by atoms with E-state index in [1.807, 2.05) is 30.0 Å². The van der Waals surface area contributed by atoms with E-state index in [2.05, 4.69) is 17.4 Å². The van der Waals surface area contributed by atoms with Gasteiger partial charge in [-0.2, -0.15) is 0 Å². The minimum absolute atomic E-state index is 0.0442. The van der Waals surface area contributed by atoms with Crippen LogP contribution in [0.1, 0.15) is 31.4 Å². The first-order chi connectivity index (χ1) is 9.72. The highest BCUT2D eigenvalue weighted by molar-refractivity contribution is 5.81. The molecule has 1 fully saturated rings. The van der Waals surface area contributed by atoms with Crippen LogP contribution in [0.4, 0.5) is 0 Å². The predicted octanol–water partition coefficient (Wildman–Crippen LogP) is 1.97. The Morgan fingerprint density at radius 2 is 1.95 bits per heavy atom. The number of nitrogens with one attached hydrogen (secondary N) is 1. The molecule has 0 aliphatic carbocycles. The van der Waals surface area contributed by atoms with Gasteiger partial charge in [0.2, 0.25) is 5.91 Å². The molecule has 2 rings (SSSR count). The molecule has 2 unspecified atom stereocenters.